The summed E-state index contributed by atoms with van der Waals surface area (Å²) in [6, 6.07) is 0. The van der Waals surface area contributed by atoms with Crippen LogP contribution in [0, 0.1) is 5.41 Å². The second kappa shape index (κ2) is 7.49. The van der Waals surface area contributed by atoms with Gasteiger partial charge in [0.1, 0.15) is 0 Å². The van der Waals surface area contributed by atoms with Crippen LogP contribution in [0.1, 0.15) is 26.2 Å². The summed E-state index contributed by atoms with van der Waals surface area (Å²) in [6.45, 7) is 5.24. The Balaban J connectivity index is 2.14. The number of hydrogen-bond donors (Lipinski definition) is 0. The molecular weight excluding hydrogens is 228 g/mol. The first kappa shape index (κ1) is 14.2. The van der Waals surface area contributed by atoms with Crippen molar-refractivity contribution in [1.82, 2.24) is 0 Å². The minimum Gasteiger partial charge on any atom is -0.385 e. The van der Waals surface area contributed by atoms with E-state index in [0.717, 1.165) is 45.7 Å². The molecule has 0 radical (unpaired) electrons. The molecule has 0 aromatic carbocycles. The van der Waals surface area contributed by atoms with E-state index in [-0.39, 0.29) is 11.5 Å². The summed E-state index contributed by atoms with van der Waals surface area (Å²) in [5, 5.41) is 0. The van der Waals surface area contributed by atoms with Crippen LogP contribution in [0.3, 0.4) is 0 Å². The van der Waals surface area contributed by atoms with E-state index in [0.29, 0.717) is 5.88 Å². The fourth-order valence-electron chi connectivity index (χ4n) is 2.07. The van der Waals surface area contributed by atoms with Crippen molar-refractivity contribution in [3.63, 3.8) is 0 Å². The smallest absolute Gasteiger partial charge is 0.0616 e. The van der Waals surface area contributed by atoms with E-state index in [1.54, 1.807) is 7.11 Å². The van der Waals surface area contributed by atoms with Crippen LogP contribution in [-0.2, 0) is 14.2 Å². The molecule has 0 saturated carbocycles. The summed E-state index contributed by atoms with van der Waals surface area (Å²) in [4.78, 5) is 0. The minimum absolute atomic E-state index is 0.128. The van der Waals surface area contributed by atoms with Crippen molar-refractivity contribution in [3.8, 4) is 0 Å². The topological polar surface area (TPSA) is 27.7 Å². The third-order valence-electron chi connectivity index (χ3n) is 3.48. The summed E-state index contributed by atoms with van der Waals surface area (Å²) >= 11 is 6.07. The Hall–Kier alpha value is 0.170. The van der Waals surface area contributed by atoms with E-state index in [1.165, 1.54) is 0 Å². The fraction of sp³-hybridized carbons (Fsp3) is 1.00. The molecule has 1 heterocycles. The van der Waals surface area contributed by atoms with Gasteiger partial charge in [-0.15, -0.1) is 11.6 Å². The monoisotopic (exact) mass is 250 g/mol. The van der Waals surface area contributed by atoms with Gasteiger partial charge in [0, 0.05) is 44.8 Å². The number of rotatable bonds is 8. The molecule has 1 aliphatic heterocycles. The minimum atomic E-state index is 0.128. The highest BCUT2D eigenvalue weighted by Gasteiger charge is 2.40. The van der Waals surface area contributed by atoms with Gasteiger partial charge in [0.25, 0.3) is 0 Å². The highest BCUT2D eigenvalue weighted by Crippen LogP contribution is 2.39. The van der Waals surface area contributed by atoms with E-state index < -0.39 is 0 Å². The number of hydrogen-bond acceptors (Lipinski definition) is 3. The predicted molar refractivity (Wildman–Crippen MR) is 65.1 cm³/mol. The number of halogens is 1. The quantitative estimate of drug-likeness (QED) is 0.489. The average molecular weight is 251 g/mol. The Bertz CT molecular complexity index is 189. The Kier molecular flexibility index (Phi) is 6.66. The molecule has 3 nitrogen and oxygen atoms in total. The molecule has 2 unspecified atom stereocenters. The van der Waals surface area contributed by atoms with Gasteiger partial charge in [-0.25, -0.2) is 0 Å². The van der Waals surface area contributed by atoms with Crippen LogP contribution in [0.4, 0.5) is 0 Å². The lowest BCUT2D eigenvalue weighted by molar-refractivity contribution is 0.0394. The van der Waals surface area contributed by atoms with E-state index in [9.17, 15) is 0 Å². The summed E-state index contributed by atoms with van der Waals surface area (Å²) in [5.74, 6) is 0.662. The summed E-state index contributed by atoms with van der Waals surface area (Å²) < 4.78 is 16.1. The van der Waals surface area contributed by atoms with E-state index >= 15 is 0 Å². The zero-order valence-electron chi connectivity index (χ0n) is 10.3. The summed E-state index contributed by atoms with van der Waals surface area (Å²) in [7, 11) is 1.71. The van der Waals surface area contributed by atoms with Crippen LogP contribution in [0.5, 0.6) is 0 Å². The molecule has 0 aromatic heterocycles. The van der Waals surface area contributed by atoms with Gasteiger partial charge in [0.15, 0.2) is 0 Å². The van der Waals surface area contributed by atoms with Crippen LogP contribution in [0.25, 0.3) is 0 Å². The van der Waals surface area contributed by atoms with Gasteiger partial charge in [-0.1, -0.05) is 0 Å². The van der Waals surface area contributed by atoms with Crippen molar-refractivity contribution in [1.29, 1.82) is 0 Å². The largest absolute Gasteiger partial charge is 0.385 e. The molecule has 0 spiro atoms. The van der Waals surface area contributed by atoms with Gasteiger partial charge in [-0.05, 0) is 26.2 Å². The molecule has 0 N–H and O–H groups in total. The maximum absolute atomic E-state index is 6.07. The Labute approximate surface area is 103 Å². The van der Waals surface area contributed by atoms with Gasteiger partial charge in [-0.3, -0.25) is 0 Å². The predicted octanol–water partition coefficient (Wildman–Crippen LogP) is 2.46. The molecule has 96 valence electrons. The zero-order chi connectivity index (χ0) is 11.9. The van der Waals surface area contributed by atoms with Crippen LogP contribution >= 0.6 is 11.6 Å². The molecule has 1 rings (SSSR count). The highest BCUT2D eigenvalue weighted by molar-refractivity contribution is 6.18. The van der Waals surface area contributed by atoms with Gasteiger partial charge in [0.2, 0.25) is 0 Å². The molecule has 4 heteroatoms. The Morgan fingerprint density at radius 2 is 2.19 bits per heavy atom. The lowest BCUT2D eigenvalue weighted by Crippen LogP contribution is -2.32. The van der Waals surface area contributed by atoms with E-state index in [4.69, 9.17) is 25.8 Å². The van der Waals surface area contributed by atoms with Crippen LogP contribution in [-0.4, -0.2) is 45.5 Å². The molecular formula is C12H23ClO3. The standard InChI is InChI=1S/C12H23ClO3/c1-11-12(10-13,5-9-16-11)4-8-15-7-3-6-14-2/h11H,3-10H2,1-2H3. The molecule has 2 atom stereocenters. The van der Waals surface area contributed by atoms with Gasteiger partial charge < -0.3 is 14.2 Å². The van der Waals surface area contributed by atoms with Crippen molar-refractivity contribution in [2.75, 3.05) is 39.4 Å². The Morgan fingerprint density at radius 3 is 2.75 bits per heavy atom. The first-order chi connectivity index (χ1) is 7.75. The van der Waals surface area contributed by atoms with E-state index in [1.807, 2.05) is 0 Å². The number of alkyl halides is 1. The summed E-state index contributed by atoms with van der Waals surface area (Å²) in [6.07, 6.45) is 3.26. The average Bonchev–Trinajstić information content (AvgIpc) is 2.66. The number of methoxy groups -OCH3 is 1. The molecule has 16 heavy (non-hydrogen) atoms. The van der Waals surface area contributed by atoms with Gasteiger partial charge in [-0.2, -0.15) is 0 Å². The summed E-state index contributed by atoms with van der Waals surface area (Å²) in [5.41, 5.74) is 0.128. The molecule has 0 aromatic rings. The van der Waals surface area contributed by atoms with Gasteiger partial charge in [0.05, 0.1) is 6.10 Å². The third-order valence-corrected chi connectivity index (χ3v) is 4.01. The first-order valence-corrected chi connectivity index (χ1v) is 6.53. The van der Waals surface area contributed by atoms with E-state index in [2.05, 4.69) is 6.92 Å². The second-order valence-corrected chi connectivity index (χ2v) is 4.74. The molecule has 1 fully saturated rings. The first-order valence-electron chi connectivity index (χ1n) is 5.99. The normalized spacial score (nSPS) is 29.8. The molecule has 0 amide bonds. The third kappa shape index (κ3) is 3.88. The Morgan fingerprint density at radius 1 is 1.38 bits per heavy atom. The lowest BCUT2D eigenvalue weighted by atomic mass is 9.81. The second-order valence-electron chi connectivity index (χ2n) is 4.47. The maximum Gasteiger partial charge on any atom is 0.0616 e. The maximum atomic E-state index is 6.07. The molecule has 0 bridgehead atoms. The van der Waals surface area contributed by atoms with Crippen molar-refractivity contribution < 1.29 is 14.2 Å². The van der Waals surface area contributed by atoms with Gasteiger partial charge >= 0.3 is 0 Å². The lowest BCUT2D eigenvalue weighted by Gasteiger charge is -2.29. The molecule has 1 saturated heterocycles. The molecule has 0 aliphatic carbocycles. The van der Waals surface area contributed by atoms with Crippen LogP contribution < -0.4 is 0 Å². The fourth-order valence-corrected chi connectivity index (χ4v) is 2.56. The molecule has 1 aliphatic rings. The van der Waals surface area contributed by atoms with Crippen molar-refractivity contribution >= 4 is 11.6 Å². The van der Waals surface area contributed by atoms with Crippen molar-refractivity contribution in [3.05, 3.63) is 0 Å². The SMILES string of the molecule is COCCCOCCC1(CCl)CCOC1C. The zero-order valence-corrected chi connectivity index (χ0v) is 11.1. The number of ether oxygens (including phenoxy) is 3. The van der Waals surface area contributed by atoms with Crippen LogP contribution in [0.15, 0.2) is 0 Å². The van der Waals surface area contributed by atoms with Crippen molar-refractivity contribution in [2.24, 2.45) is 5.41 Å². The highest BCUT2D eigenvalue weighted by atomic mass is 35.5. The van der Waals surface area contributed by atoms with Crippen LogP contribution in [0.2, 0.25) is 0 Å². The van der Waals surface area contributed by atoms with Crippen molar-refractivity contribution in [2.45, 2.75) is 32.3 Å².